The molecule has 4 aromatic rings. The van der Waals surface area contributed by atoms with Crippen LogP contribution in [0.1, 0.15) is 33.3 Å². The van der Waals surface area contributed by atoms with Crippen LogP contribution in [0.4, 0.5) is 11.4 Å². The summed E-state index contributed by atoms with van der Waals surface area (Å²) in [6.45, 7) is 1.42. The molecule has 0 saturated heterocycles. The van der Waals surface area contributed by atoms with Crippen LogP contribution >= 0.6 is 0 Å². The number of hydrogen-bond acceptors (Lipinski definition) is 6. The van der Waals surface area contributed by atoms with Crippen LogP contribution in [-0.4, -0.2) is 28.0 Å². The number of aromatic nitrogens is 1. The number of fused-ring (bicyclic) bond motifs is 1. The molecule has 0 unspecified atom stereocenters. The average molecular weight is 440 g/mol. The standard InChI is InChI=1S/C24H16N4O5/c1-13(29)26-17-6-2-4-14(10-17)15-8-9-18-20(11-15)33-28-22(18)23(30)27-21-16(12-25)5-3-7-19(21)24(31)32/h2-11H,1H3,(H,26,29)(H,27,30)(H,31,32). The summed E-state index contributed by atoms with van der Waals surface area (Å²) in [5.41, 5.74) is 2.22. The van der Waals surface area contributed by atoms with E-state index in [0.29, 0.717) is 16.7 Å². The van der Waals surface area contributed by atoms with Gasteiger partial charge in [0.2, 0.25) is 5.91 Å². The van der Waals surface area contributed by atoms with Gasteiger partial charge in [-0.1, -0.05) is 29.4 Å². The zero-order chi connectivity index (χ0) is 23.5. The number of hydrogen-bond donors (Lipinski definition) is 3. The number of para-hydroxylation sites is 1. The largest absolute Gasteiger partial charge is 0.478 e. The topological polar surface area (TPSA) is 145 Å². The molecular formula is C24H16N4O5. The number of benzene rings is 3. The zero-order valence-corrected chi connectivity index (χ0v) is 17.2. The lowest BCUT2D eigenvalue weighted by Crippen LogP contribution is -2.16. The van der Waals surface area contributed by atoms with Gasteiger partial charge in [-0.25, -0.2) is 4.79 Å². The lowest BCUT2D eigenvalue weighted by Gasteiger charge is -2.09. The third-order valence-electron chi connectivity index (χ3n) is 4.86. The van der Waals surface area contributed by atoms with Gasteiger partial charge in [-0.2, -0.15) is 5.26 Å². The van der Waals surface area contributed by atoms with Crippen molar-refractivity contribution >= 4 is 40.1 Å². The van der Waals surface area contributed by atoms with E-state index < -0.39 is 11.9 Å². The van der Waals surface area contributed by atoms with E-state index in [9.17, 15) is 24.8 Å². The fourth-order valence-corrected chi connectivity index (χ4v) is 3.39. The lowest BCUT2D eigenvalue weighted by atomic mass is 10.0. The summed E-state index contributed by atoms with van der Waals surface area (Å²) in [5, 5.41) is 28.1. The number of carboxylic acid groups (broad SMARTS) is 1. The monoisotopic (exact) mass is 440 g/mol. The van der Waals surface area contributed by atoms with Gasteiger partial charge in [0.1, 0.15) is 6.07 Å². The third kappa shape index (κ3) is 4.26. The summed E-state index contributed by atoms with van der Waals surface area (Å²) in [4.78, 5) is 35.7. The maximum atomic E-state index is 12.9. The summed E-state index contributed by atoms with van der Waals surface area (Å²) < 4.78 is 5.34. The Morgan fingerprint density at radius 2 is 1.76 bits per heavy atom. The Hall–Kier alpha value is -4.97. The first-order chi connectivity index (χ1) is 15.9. The highest BCUT2D eigenvalue weighted by atomic mass is 16.5. The van der Waals surface area contributed by atoms with Crippen LogP contribution in [-0.2, 0) is 4.79 Å². The van der Waals surface area contributed by atoms with Crippen LogP contribution in [0.15, 0.2) is 65.2 Å². The van der Waals surface area contributed by atoms with Gasteiger partial charge in [-0.3, -0.25) is 9.59 Å². The molecule has 1 heterocycles. The van der Waals surface area contributed by atoms with Crippen molar-refractivity contribution in [2.75, 3.05) is 10.6 Å². The minimum absolute atomic E-state index is 0.0115. The predicted molar refractivity (Wildman–Crippen MR) is 120 cm³/mol. The van der Waals surface area contributed by atoms with Crippen molar-refractivity contribution in [3.05, 3.63) is 77.5 Å². The second-order valence-electron chi connectivity index (χ2n) is 7.10. The Labute approximate surface area is 187 Å². The van der Waals surface area contributed by atoms with Gasteiger partial charge in [0.05, 0.1) is 22.2 Å². The summed E-state index contributed by atoms with van der Waals surface area (Å²) in [7, 11) is 0. The number of anilines is 2. The van der Waals surface area contributed by atoms with Crippen molar-refractivity contribution in [1.29, 1.82) is 5.26 Å². The zero-order valence-electron chi connectivity index (χ0n) is 17.2. The Kier molecular flexibility index (Phi) is 5.57. The Balaban J connectivity index is 1.67. The summed E-state index contributed by atoms with van der Waals surface area (Å²) in [6.07, 6.45) is 0. The predicted octanol–water partition coefficient (Wildman–Crippen LogP) is 4.28. The number of rotatable bonds is 5. The number of carbonyl (C=O) groups excluding carboxylic acids is 2. The molecule has 3 aromatic carbocycles. The summed E-state index contributed by atoms with van der Waals surface area (Å²) in [6, 6.07) is 18.4. The minimum atomic E-state index is -1.28. The maximum absolute atomic E-state index is 12.9. The van der Waals surface area contributed by atoms with E-state index in [1.807, 2.05) is 12.1 Å². The number of carboxylic acids is 1. The van der Waals surface area contributed by atoms with Gasteiger partial charge in [0.15, 0.2) is 11.3 Å². The fourth-order valence-electron chi connectivity index (χ4n) is 3.39. The molecule has 3 N–H and O–H groups in total. The molecule has 0 atom stereocenters. The number of nitrogens with zero attached hydrogens (tertiary/aromatic N) is 2. The van der Waals surface area contributed by atoms with E-state index in [1.54, 1.807) is 36.4 Å². The minimum Gasteiger partial charge on any atom is -0.478 e. The quantitative estimate of drug-likeness (QED) is 0.420. The highest BCUT2D eigenvalue weighted by Crippen LogP contribution is 2.29. The molecule has 162 valence electrons. The molecule has 0 saturated carbocycles. The molecule has 0 radical (unpaired) electrons. The smallest absolute Gasteiger partial charge is 0.337 e. The summed E-state index contributed by atoms with van der Waals surface area (Å²) >= 11 is 0. The van der Waals surface area contributed by atoms with E-state index in [2.05, 4.69) is 15.8 Å². The molecule has 0 fully saturated rings. The van der Waals surface area contributed by atoms with E-state index >= 15 is 0 Å². The number of aromatic carboxylic acids is 1. The summed E-state index contributed by atoms with van der Waals surface area (Å²) in [5.74, 6) is -2.17. The highest BCUT2D eigenvalue weighted by Gasteiger charge is 2.21. The first kappa shape index (κ1) is 21.3. The SMILES string of the molecule is CC(=O)Nc1cccc(-c2ccc3c(C(=O)Nc4c(C#N)cccc4C(=O)O)noc3c2)c1. The van der Waals surface area contributed by atoms with Crippen LogP contribution in [0.3, 0.4) is 0 Å². The second-order valence-corrected chi connectivity index (χ2v) is 7.10. The maximum Gasteiger partial charge on any atom is 0.337 e. The van der Waals surface area contributed by atoms with Crippen molar-refractivity contribution < 1.29 is 24.0 Å². The van der Waals surface area contributed by atoms with Crippen molar-refractivity contribution in [3.8, 4) is 17.2 Å². The van der Waals surface area contributed by atoms with Crippen molar-refractivity contribution in [2.24, 2.45) is 0 Å². The Morgan fingerprint density at radius 1 is 1.00 bits per heavy atom. The van der Waals surface area contributed by atoms with Gasteiger partial charge >= 0.3 is 5.97 Å². The number of carbonyl (C=O) groups is 3. The molecule has 0 spiro atoms. The molecular weight excluding hydrogens is 424 g/mol. The Bertz CT molecular complexity index is 1470. The molecule has 33 heavy (non-hydrogen) atoms. The number of nitrogens with one attached hydrogen (secondary N) is 2. The normalized spacial score (nSPS) is 10.4. The van der Waals surface area contributed by atoms with Gasteiger partial charge < -0.3 is 20.3 Å². The molecule has 0 aliphatic rings. The van der Waals surface area contributed by atoms with Gasteiger partial charge in [-0.05, 0) is 47.5 Å². The van der Waals surface area contributed by atoms with Crippen molar-refractivity contribution in [2.45, 2.75) is 6.92 Å². The number of amides is 2. The molecule has 2 amide bonds. The first-order valence-corrected chi connectivity index (χ1v) is 9.72. The van der Waals surface area contributed by atoms with Crippen molar-refractivity contribution in [1.82, 2.24) is 5.16 Å². The van der Waals surface area contributed by atoms with Crippen LogP contribution in [0.5, 0.6) is 0 Å². The molecule has 0 bridgehead atoms. The molecule has 0 aliphatic carbocycles. The first-order valence-electron chi connectivity index (χ1n) is 9.72. The lowest BCUT2D eigenvalue weighted by molar-refractivity contribution is -0.114. The van der Waals surface area contributed by atoms with E-state index in [1.165, 1.54) is 25.1 Å². The van der Waals surface area contributed by atoms with Crippen LogP contribution in [0.25, 0.3) is 22.1 Å². The highest BCUT2D eigenvalue weighted by molar-refractivity contribution is 6.13. The Morgan fingerprint density at radius 3 is 2.48 bits per heavy atom. The van der Waals surface area contributed by atoms with E-state index in [4.69, 9.17) is 4.52 Å². The van der Waals surface area contributed by atoms with Gasteiger partial charge in [-0.15, -0.1) is 0 Å². The molecule has 9 heteroatoms. The van der Waals surface area contributed by atoms with Gasteiger partial charge in [0.25, 0.3) is 5.91 Å². The van der Waals surface area contributed by atoms with E-state index in [-0.39, 0.29) is 28.4 Å². The molecule has 0 aliphatic heterocycles. The fraction of sp³-hybridized carbons (Fsp3) is 0.0417. The molecule has 4 rings (SSSR count). The van der Waals surface area contributed by atoms with Crippen LogP contribution in [0.2, 0.25) is 0 Å². The van der Waals surface area contributed by atoms with Gasteiger partial charge in [0, 0.05) is 12.6 Å². The van der Waals surface area contributed by atoms with Crippen molar-refractivity contribution in [3.63, 3.8) is 0 Å². The molecule has 9 nitrogen and oxygen atoms in total. The third-order valence-corrected chi connectivity index (χ3v) is 4.86. The van der Waals surface area contributed by atoms with Crippen LogP contribution in [0, 0.1) is 11.3 Å². The molecule has 1 aromatic heterocycles. The van der Waals surface area contributed by atoms with E-state index in [0.717, 1.165) is 11.1 Å². The second kappa shape index (κ2) is 8.64. The van der Waals surface area contributed by atoms with Crippen LogP contribution < -0.4 is 10.6 Å². The average Bonchev–Trinajstić information content (AvgIpc) is 3.22. The number of nitriles is 1.